The second kappa shape index (κ2) is 7.90. The van der Waals surface area contributed by atoms with E-state index in [-0.39, 0.29) is 23.8 Å². The molecule has 1 amide bonds. The summed E-state index contributed by atoms with van der Waals surface area (Å²) in [5, 5.41) is 6.68. The van der Waals surface area contributed by atoms with Crippen molar-refractivity contribution in [2.75, 3.05) is 14.2 Å². The van der Waals surface area contributed by atoms with E-state index in [4.69, 9.17) is 14.0 Å². The number of ether oxygens (including phenoxy) is 2. The number of benzene rings is 2. The summed E-state index contributed by atoms with van der Waals surface area (Å²) in [6, 6.07) is 11.2. The zero-order chi connectivity index (χ0) is 19.4. The van der Waals surface area contributed by atoms with Gasteiger partial charge in [-0.3, -0.25) is 4.79 Å². The normalized spacial score (nSPS) is 10.5. The predicted octanol–water partition coefficient (Wildman–Crippen LogP) is 3.74. The quantitative estimate of drug-likeness (QED) is 0.716. The molecule has 0 aliphatic heterocycles. The lowest BCUT2D eigenvalue weighted by atomic mass is 10.1. The topological polar surface area (TPSA) is 73.6 Å². The Hall–Kier alpha value is -3.35. The van der Waals surface area contributed by atoms with Gasteiger partial charge in [0.25, 0.3) is 5.91 Å². The largest absolute Gasteiger partial charge is 0.497 e. The third-order valence-electron chi connectivity index (χ3n) is 4.04. The molecule has 0 bridgehead atoms. The maximum absolute atomic E-state index is 13.5. The van der Waals surface area contributed by atoms with E-state index in [2.05, 4.69) is 10.5 Å². The minimum atomic E-state index is -0.420. The summed E-state index contributed by atoms with van der Waals surface area (Å²) in [5.74, 6) is 0.694. The molecule has 1 heterocycles. The van der Waals surface area contributed by atoms with Gasteiger partial charge in [-0.1, -0.05) is 17.3 Å². The second-order valence-corrected chi connectivity index (χ2v) is 5.89. The molecule has 140 valence electrons. The Kier molecular flexibility index (Phi) is 5.40. The number of hydrogen-bond donors (Lipinski definition) is 1. The molecule has 0 aliphatic carbocycles. The van der Waals surface area contributed by atoms with Gasteiger partial charge in [0.1, 0.15) is 22.9 Å². The van der Waals surface area contributed by atoms with Crippen molar-refractivity contribution in [3.63, 3.8) is 0 Å². The number of nitrogens with zero attached hydrogens (tertiary/aromatic N) is 1. The molecule has 6 nitrogen and oxygen atoms in total. The summed E-state index contributed by atoms with van der Waals surface area (Å²) >= 11 is 0. The van der Waals surface area contributed by atoms with Gasteiger partial charge < -0.3 is 19.3 Å². The Bertz CT molecular complexity index is 946. The van der Waals surface area contributed by atoms with E-state index in [1.54, 1.807) is 51.5 Å². The van der Waals surface area contributed by atoms with E-state index >= 15 is 0 Å². The van der Waals surface area contributed by atoms with Crippen LogP contribution in [0.2, 0.25) is 0 Å². The average molecular weight is 370 g/mol. The molecule has 0 atom stereocenters. The molecular weight excluding hydrogens is 351 g/mol. The molecule has 3 aromatic rings. The Morgan fingerprint density at radius 2 is 1.85 bits per heavy atom. The minimum absolute atomic E-state index is 0.229. The Morgan fingerprint density at radius 3 is 2.48 bits per heavy atom. The van der Waals surface area contributed by atoms with Crippen molar-refractivity contribution in [1.82, 2.24) is 10.5 Å². The minimum Gasteiger partial charge on any atom is -0.497 e. The third kappa shape index (κ3) is 4.08. The fourth-order valence-electron chi connectivity index (χ4n) is 2.70. The van der Waals surface area contributed by atoms with E-state index in [0.29, 0.717) is 22.8 Å². The monoisotopic (exact) mass is 370 g/mol. The predicted molar refractivity (Wildman–Crippen MR) is 97.4 cm³/mol. The van der Waals surface area contributed by atoms with Crippen molar-refractivity contribution in [3.8, 4) is 22.8 Å². The van der Waals surface area contributed by atoms with Crippen LogP contribution < -0.4 is 14.8 Å². The van der Waals surface area contributed by atoms with Crippen molar-refractivity contribution in [3.05, 3.63) is 65.1 Å². The summed E-state index contributed by atoms with van der Waals surface area (Å²) < 4.78 is 29.2. The van der Waals surface area contributed by atoms with Crippen LogP contribution in [-0.4, -0.2) is 25.3 Å². The smallest absolute Gasteiger partial charge is 0.257 e. The number of nitrogens with one attached hydrogen (secondary N) is 1. The van der Waals surface area contributed by atoms with Gasteiger partial charge in [0.2, 0.25) is 0 Å². The number of carbonyl (C=O) groups excluding carboxylic acids is 1. The molecule has 0 unspecified atom stereocenters. The maximum atomic E-state index is 13.5. The third-order valence-corrected chi connectivity index (χ3v) is 4.04. The van der Waals surface area contributed by atoms with Crippen molar-refractivity contribution >= 4 is 5.91 Å². The van der Waals surface area contributed by atoms with E-state index in [1.165, 1.54) is 12.1 Å². The Labute approximate surface area is 155 Å². The van der Waals surface area contributed by atoms with Crippen molar-refractivity contribution < 1.29 is 23.2 Å². The van der Waals surface area contributed by atoms with Crippen molar-refractivity contribution in [2.45, 2.75) is 13.5 Å². The number of hydrogen-bond acceptors (Lipinski definition) is 5. The highest BCUT2D eigenvalue weighted by atomic mass is 19.1. The standard InChI is InChI=1S/C20H19FN2O4/c1-12-18(19(27-23-12)14-5-4-6-15(21)9-14)20(24)22-11-13-7-16(25-2)10-17(8-13)26-3/h4-10H,11H2,1-3H3,(H,22,24). The zero-order valence-electron chi connectivity index (χ0n) is 15.2. The van der Waals surface area contributed by atoms with Crippen molar-refractivity contribution in [1.29, 1.82) is 0 Å². The van der Waals surface area contributed by atoms with Gasteiger partial charge in [-0.15, -0.1) is 0 Å². The lowest BCUT2D eigenvalue weighted by Gasteiger charge is -2.10. The zero-order valence-corrected chi connectivity index (χ0v) is 15.2. The van der Waals surface area contributed by atoms with Gasteiger partial charge in [-0.05, 0) is 36.8 Å². The van der Waals surface area contributed by atoms with E-state index < -0.39 is 5.82 Å². The molecule has 7 heteroatoms. The highest BCUT2D eigenvalue weighted by Gasteiger charge is 2.22. The fraction of sp³-hybridized carbons (Fsp3) is 0.200. The molecule has 3 rings (SSSR count). The number of halogens is 1. The van der Waals surface area contributed by atoms with Crippen LogP contribution in [0.3, 0.4) is 0 Å². The van der Waals surface area contributed by atoms with Crippen LogP contribution in [0.5, 0.6) is 11.5 Å². The van der Waals surface area contributed by atoms with Crippen molar-refractivity contribution in [2.24, 2.45) is 0 Å². The van der Waals surface area contributed by atoms with Gasteiger partial charge in [-0.2, -0.15) is 0 Å². The van der Waals surface area contributed by atoms with Gasteiger partial charge >= 0.3 is 0 Å². The molecule has 0 fully saturated rings. The average Bonchev–Trinajstić information content (AvgIpc) is 3.07. The molecule has 0 saturated carbocycles. The highest BCUT2D eigenvalue weighted by molar-refractivity contribution is 6.00. The lowest BCUT2D eigenvalue weighted by molar-refractivity contribution is 0.0950. The molecule has 0 saturated heterocycles. The molecule has 1 aromatic heterocycles. The summed E-state index contributed by atoms with van der Waals surface area (Å²) in [5.41, 5.74) is 1.95. The van der Waals surface area contributed by atoms with E-state index in [0.717, 1.165) is 5.56 Å². The summed E-state index contributed by atoms with van der Waals surface area (Å²) in [6.07, 6.45) is 0. The number of amides is 1. The Morgan fingerprint density at radius 1 is 1.15 bits per heavy atom. The molecule has 0 spiro atoms. The molecule has 1 N–H and O–H groups in total. The number of methoxy groups -OCH3 is 2. The van der Waals surface area contributed by atoms with Crippen LogP contribution in [-0.2, 0) is 6.54 Å². The number of aryl methyl sites for hydroxylation is 1. The maximum Gasteiger partial charge on any atom is 0.257 e. The highest BCUT2D eigenvalue weighted by Crippen LogP contribution is 2.27. The first-order chi connectivity index (χ1) is 13.0. The first-order valence-electron chi connectivity index (χ1n) is 8.24. The SMILES string of the molecule is COc1cc(CNC(=O)c2c(C)noc2-c2cccc(F)c2)cc(OC)c1. The van der Waals surface area contributed by atoms with Crippen LogP contribution in [0, 0.1) is 12.7 Å². The van der Waals surface area contributed by atoms with Gasteiger partial charge in [0, 0.05) is 18.2 Å². The number of carbonyl (C=O) groups is 1. The first kappa shape index (κ1) is 18.4. The van der Waals surface area contributed by atoms with Crippen LogP contribution in [0.25, 0.3) is 11.3 Å². The molecule has 0 radical (unpaired) electrons. The molecular formula is C20H19FN2O4. The molecule has 27 heavy (non-hydrogen) atoms. The van der Waals surface area contributed by atoms with Crippen LogP contribution in [0.4, 0.5) is 4.39 Å². The first-order valence-corrected chi connectivity index (χ1v) is 8.24. The van der Waals surface area contributed by atoms with Crippen LogP contribution >= 0.6 is 0 Å². The van der Waals surface area contributed by atoms with Crippen LogP contribution in [0.1, 0.15) is 21.6 Å². The number of rotatable bonds is 6. The Balaban J connectivity index is 1.83. The molecule has 0 aliphatic rings. The van der Waals surface area contributed by atoms with Gasteiger partial charge in [0.05, 0.1) is 19.9 Å². The van der Waals surface area contributed by atoms with E-state index in [1.807, 2.05) is 0 Å². The fourth-order valence-corrected chi connectivity index (χ4v) is 2.70. The molecule has 2 aromatic carbocycles. The van der Waals surface area contributed by atoms with Gasteiger partial charge in [-0.25, -0.2) is 4.39 Å². The van der Waals surface area contributed by atoms with Gasteiger partial charge in [0.15, 0.2) is 5.76 Å². The second-order valence-electron chi connectivity index (χ2n) is 5.89. The van der Waals surface area contributed by atoms with E-state index in [9.17, 15) is 9.18 Å². The summed E-state index contributed by atoms with van der Waals surface area (Å²) in [7, 11) is 3.12. The summed E-state index contributed by atoms with van der Waals surface area (Å²) in [6.45, 7) is 1.91. The number of aromatic nitrogens is 1. The summed E-state index contributed by atoms with van der Waals surface area (Å²) in [4.78, 5) is 12.7. The van der Waals surface area contributed by atoms with Crippen LogP contribution in [0.15, 0.2) is 47.0 Å². The lowest BCUT2D eigenvalue weighted by Crippen LogP contribution is -2.23.